The summed E-state index contributed by atoms with van der Waals surface area (Å²) in [6.07, 6.45) is -0.237. The third kappa shape index (κ3) is 4.68. The number of carbonyl (C=O) groups is 1. The van der Waals surface area contributed by atoms with Gasteiger partial charge < -0.3 is 29.3 Å². The van der Waals surface area contributed by atoms with E-state index in [0.717, 1.165) is 24.5 Å². The van der Waals surface area contributed by atoms with Gasteiger partial charge in [0.1, 0.15) is 6.61 Å². The Balaban J connectivity index is 1.41. The second-order valence-electron chi connectivity index (χ2n) is 7.07. The fourth-order valence-corrected chi connectivity index (χ4v) is 3.61. The van der Waals surface area contributed by atoms with Crippen molar-refractivity contribution in [3.05, 3.63) is 47.5 Å². The van der Waals surface area contributed by atoms with Crippen molar-refractivity contribution in [2.24, 2.45) is 0 Å². The number of anilines is 2. The molecule has 1 fully saturated rings. The van der Waals surface area contributed by atoms with Gasteiger partial charge in [-0.05, 0) is 30.3 Å². The standard InChI is InChI=1S/C21H24ClN3O4/c1-24(13-16-14-28-19-4-2-3-5-20(19)29-16)21(26)23-17-12-15(22)6-7-18(17)25-8-10-27-11-9-25/h2-7,12,16H,8-11,13-14H2,1H3,(H,23,26). The van der Waals surface area contributed by atoms with Crippen molar-refractivity contribution in [1.82, 2.24) is 4.90 Å². The van der Waals surface area contributed by atoms with Gasteiger partial charge in [0, 0.05) is 25.2 Å². The summed E-state index contributed by atoms with van der Waals surface area (Å²) in [6, 6.07) is 12.8. The Bertz CT molecular complexity index is 873. The Morgan fingerprint density at radius 1 is 1.21 bits per heavy atom. The molecule has 0 spiro atoms. The van der Waals surface area contributed by atoms with Crippen molar-refractivity contribution in [3.63, 3.8) is 0 Å². The molecule has 154 valence electrons. The van der Waals surface area contributed by atoms with Crippen LogP contribution in [0.25, 0.3) is 0 Å². The van der Waals surface area contributed by atoms with Crippen molar-refractivity contribution < 1.29 is 19.0 Å². The molecule has 1 unspecified atom stereocenters. The Kier molecular flexibility index (Phi) is 5.97. The van der Waals surface area contributed by atoms with Gasteiger partial charge in [0.25, 0.3) is 0 Å². The van der Waals surface area contributed by atoms with E-state index in [1.165, 1.54) is 0 Å². The molecule has 0 radical (unpaired) electrons. The van der Waals surface area contributed by atoms with Crippen molar-refractivity contribution in [3.8, 4) is 11.5 Å². The van der Waals surface area contributed by atoms with Crippen LogP contribution in [0.3, 0.4) is 0 Å². The maximum absolute atomic E-state index is 12.8. The molecule has 1 atom stereocenters. The number of nitrogens with zero attached hydrogens (tertiary/aromatic N) is 2. The summed E-state index contributed by atoms with van der Waals surface area (Å²) in [7, 11) is 1.73. The summed E-state index contributed by atoms with van der Waals surface area (Å²) in [4.78, 5) is 16.6. The van der Waals surface area contributed by atoms with Crippen LogP contribution in [0.5, 0.6) is 11.5 Å². The number of para-hydroxylation sites is 2. The lowest BCUT2D eigenvalue weighted by Crippen LogP contribution is -2.43. The number of urea groups is 1. The maximum atomic E-state index is 12.8. The van der Waals surface area contributed by atoms with Crippen molar-refractivity contribution in [2.45, 2.75) is 6.10 Å². The van der Waals surface area contributed by atoms with Gasteiger partial charge >= 0.3 is 6.03 Å². The number of hydrogen-bond acceptors (Lipinski definition) is 5. The number of carbonyl (C=O) groups excluding carboxylic acids is 1. The molecule has 29 heavy (non-hydrogen) atoms. The normalized spacial score (nSPS) is 18.3. The van der Waals surface area contributed by atoms with Crippen LogP contribution in [0.1, 0.15) is 0 Å². The minimum atomic E-state index is -0.237. The predicted octanol–water partition coefficient (Wildman–Crippen LogP) is 3.48. The van der Waals surface area contributed by atoms with Gasteiger partial charge in [-0.3, -0.25) is 0 Å². The van der Waals surface area contributed by atoms with Gasteiger partial charge in [-0.2, -0.15) is 0 Å². The molecule has 7 nitrogen and oxygen atoms in total. The molecular weight excluding hydrogens is 394 g/mol. The van der Waals surface area contributed by atoms with Crippen LogP contribution < -0.4 is 19.7 Å². The largest absolute Gasteiger partial charge is 0.486 e. The first kappa shape index (κ1) is 19.7. The van der Waals surface area contributed by atoms with E-state index in [4.69, 9.17) is 25.8 Å². The molecule has 2 aliphatic rings. The lowest BCUT2D eigenvalue weighted by molar-refractivity contribution is 0.0731. The smallest absolute Gasteiger partial charge is 0.321 e. The Labute approximate surface area is 175 Å². The molecule has 2 aliphatic heterocycles. The minimum Gasteiger partial charge on any atom is -0.486 e. The molecular formula is C21H24ClN3O4. The first-order valence-electron chi connectivity index (χ1n) is 9.63. The molecule has 8 heteroatoms. The number of fused-ring (bicyclic) bond motifs is 1. The Hall–Kier alpha value is -2.64. The molecule has 1 N–H and O–H groups in total. The Morgan fingerprint density at radius 2 is 1.97 bits per heavy atom. The van der Waals surface area contributed by atoms with E-state index in [9.17, 15) is 4.79 Å². The summed E-state index contributed by atoms with van der Waals surface area (Å²) in [5, 5.41) is 3.55. The van der Waals surface area contributed by atoms with Gasteiger partial charge in [0.05, 0.1) is 31.1 Å². The van der Waals surface area contributed by atoms with Gasteiger partial charge in [-0.25, -0.2) is 4.79 Å². The molecule has 2 aromatic rings. The highest BCUT2D eigenvalue weighted by atomic mass is 35.5. The predicted molar refractivity (Wildman–Crippen MR) is 112 cm³/mol. The highest BCUT2D eigenvalue weighted by Gasteiger charge is 2.24. The zero-order chi connectivity index (χ0) is 20.2. The topological polar surface area (TPSA) is 63.3 Å². The molecule has 2 heterocycles. The van der Waals surface area contributed by atoms with Crippen LogP contribution in [0.15, 0.2) is 42.5 Å². The third-order valence-electron chi connectivity index (χ3n) is 4.94. The first-order valence-corrected chi connectivity index (χ1v) is 10.0. The molecule has 0 saturated carbocycles. The van der Waals surface area contributed by atoms with E-state index in [0.29, 0.717) is 42.8 Å². The van der Waals surface area contributed by atoms with Gasteiger partial charge in [-0.15, -0.1) is 0 Å². The molecule has 2 aromatic carbocycles. The average Bonchev–Trinajstić information content (AvgIpc) is 2.74. The summed E-state index contributed by atoms with van der Waals surface area (Å²) in [6.45, 7) is 3.66. The summed E-state index contributed by atoms with van der Waals surface area (Å²) < 4.78 is 17.1. The van der Waals surface area contributed by atoms with E-state index >= 15 is 0 Å². The highest BCUT2D eigenvalue weighted by molar-refractivity contribution is 6.31. The fraction of sp³-hybridized carbons (Fsp3) is 0.381. The summed E-state index contributed by atoms with van der Waals surface area (Å²) in [5.41, 5.74) is 1.62. The highest BCUT2D eigenvalue weighted by Crippen LogP contribution is 2.32. The van der Waals surface area contributed by atoms with E-state index in [1.54, 1.807) is 18.0 Å². The van der Waals surface area contributed by atoms with Crippen LogP contribution >= 0.6 is 11.6 Å². The van der Waals surface area contributed by atoms with E-state index in [-0.39, 0.29) is 12.1 Å². The van der Waals surface area contributed by atoms with Crippen molar-refractivity contribution >= 4 is 29.0 Å². The fourth-order valence-electron chi connectivity index (χ4n) is 3.44. The number of ether oxygens (including phenoxy) is 3. The number of likely N-dealkylation sites (N-methyl/N-ethyl adjacent to an activating group) is 1. The number of morpholine rings is 1. The van der Waals surface area contributed by atoms with Crippen LogP contribution in [0, 0.1) is 0 Å². The number of hydrogen-bond donors (Lipinski definition) is 1. The SMILES string of the molecule is CN(CC1COc2ccccc2O1)C(=O)Nc1cc(Cl)ccc1N1CCOCC1. The van der Waals surface area contributed by atoms with E-state index in [2.05, 4.69) is 10.2 Å². The minimum absolute atomic E-state index is 0.232. The quantitative estimate of drug-likeness (QED) is 0.825. The zero-order valence-corrected chi connectivity index (χ0v) is 17.0. The average molecular weight is 418 g/mol. The van der Waals surface area contributed by atoms with Crippen LogP contribution in [0.4, 0.5) is 16.2 Å². The molecule has 0 aromatic heterocycles. The first-order chi connectivity index (χ1) is 14.1. The molecule has 2 amide bonds. The lowest BCUT2D eigenvalue weighted by atomic mass is 10.2. The second kappa shape index (κ2) is 8.80. The summed E-state index contributed by atoms with van der Waals surface area (Å²) >= 11 is 6.18. The Morgan fingerprint density at radius 3 is 2.76 bits per heavy atom. The zero-order valence-electron chi connectivity index (χ0n) is 16.3. The van der Waals surface area contributed by atoms with Crippen LogP contribution in [0.2, 0.25) is 5.02 Å². The number of benzene rings is 2. The van der Waals surface area contributed by atoms with Gasteiger partial charge in [0.15, 0.2) is 17.6 Å². The molecule has 4 rings (SSSR count). The van der Waals surface area contributed by atoms with Crippen LogP contribution in [-0.2, 0) is 4.74 Å². The molecule has 0 bridgehead atoms. The molecule has 0 aliphatic carbocycles. The second-order valence-corrected chi connectivity index (χ2v) is 7.51. The van der Waals surface area contributed by atoms with E-state index in [1.807, 2.05) is 36.4 Å². The number of nitrogens with one attached hydrogen (secondary N) is 1. The molecule has 1 saturated heterocycles. The van der Waals surface area contributed by atoms with E-state index < -0.39 is 0 Å². The number of amides is 2. The number of halogens is 1. The van der Waals surface area contributed by atoms with Crippen molar-refractivity contribution in [1.29, 1.82) is 0 Å². The monoisotopic (exact) mass is 417 g/mol. The number of rotatable bonds is 4. The van der Waals surface area contributed by atoms with Crippen molar-refractivity contribution in [2.75, 3.05) is 56.7 Å². The van der Waals surface area contributed by atoms with Gasteiger partial charge in [0.2, 0.25) is 0 Å². The maximum Gasteiger partial charge on any atom is 0.321 e. The van der Waals surface area contributed by atoms with Gasteiger partial charge in [-0.1, -0.05) is 23.7 Å². The summed E-state index contributed by atoms with van der Waals surface area (Å²) in [5.74, 6) is 1.42. The van der Waals surface area contributed by atoms with Crippen LogP contribution in [-0.4, -0.2) is 63.5 Å². The lowest BCUT2D eigenvalue weighted by Gasteiger charge is -2.32. The third-order valence-corrected chi connectivity index (χ3v) is 5.18.